The number of hydrogen-bond donors (Lipinski definition) is 3. The quantitative estimate of drug-likeness (QED) is 0.0269. The lowest BCUT2D eigenvalue weighted by atomic mass is 10.0. The standard InChI is InChI=1S/C38H75N2O6P/c1-6-8-10-12-14-16-18-19-20-22-24-26-28-30-32-38(42)39-36(35-46-47(43,44)45-34-33-40(3,4)5)37(41)31-29-27-25-23-21-17-15-13-11-9-7-2/h21,23,29,31,36-37,41H,6-20,22,24-28,30,32-35H2,1-5H3,(H-,39,42,43,44)/p+1/b23-21+,31-29+/t36-,37+/m0/s1. The van der Waals surface area contributed by atoms with Crippen LogP contribution >= 0.6 is 7.82 Å². The first-order valence-electron chi connectivity index (χ1n) is 19.2. The Balaban J connectivity index is 4.55. The lowest BCUT2D eigenvalue weighted by molar-refractivity contribution is -0.870. The molecule has 0 aliphatic carbocycles. The molecule has 0 rings (SSSR count). The van der Waals surface area contributed by atoms with E-state index in [-0.39, 0.29) is 19.1 Å². The van der Waals surface area contributed by atoms with Crippen molar-refractivity contribution < 1.29 is 32.9 Å². The summed E-state index contributed by atoms with van der Waals surface area (Å²) in [6.07, 6.45) is 33.8. The molecule has 0 aromatic heterocycles. The van der Waals surface area contributed by atoms with Crippen LogP contribution < -0.4 is 5.32 Å². The summed E-state index contributed by atoms with van der Waals surface area (Å²) in [5, 5.41) is 13.7. The lowest BCUT2D eigenvalue weighted by Crippen LogP contribution is -2.45. The number of rotatable bonds is 34. The number of likely N-dealkylation sites (N-methyl/N-ethyl adjacent to an activating group) is 1. The Labute approximate surface area is 290 Å². The van der Waals surface area contributed by atoms with Gasteiger partial charge in [0.25, 0.3) is 0 Å². The van der Waals surface area contributed by atoms with Crippen LogP contribution in [-0.4, -0.2) is 73.4 Å². The van der Waals surface area contributed by atoms with Crippen molar-refractivity contribution in [3.63, 3.8) is 0 Å². The first kappa shape index (κ1) is 46.0. The van der Waals surface area contributed by atoms with Gasteiger partial charge in [0.1, 0.15) is 13.2 Å². The lowest BCUT2D eigenvalue weighted by Gasteiger charge is -2.25. The molecule has 0 heterocycles. The van der Waals surface area contributed by atoms with Gasteiger partial charge >= 0.3 is 7.82 Å². The molecule has 0 saturated heterocycles. The van der Waals surface area contributed by atoms with Crippen LogP contribution in [0, 0.1) is 0 Å². The highest BCUT2D eigenvalue weighted by atomic mass is 31.2. The van der Waals surface area contributed by atoms with Crippen LogP contribution in [0.3, 0.4) is 0 Å². The van der Waals surface area contributed by atoms with E-state index in [0.717, 1.165) is 38.5 Å². The van der Waals surface area contributed by atoms with Crippen molar-refractivity contribution >= 4 is 13.7 Å². The molecule has 1 unspecified atom stereocenters. The zero-order valence-electron chi connectivity index (χ0n) is 31.3. The Morgan fingerprint density at radius 1 is 0.702 bits per heavy atom. The Kier molecular flexibility index (Phi) is 30.3. The van der Waals surface area contributed by atoms with Crippen molar-refractivity contribution in [2.45, 2.75) is 174 Å². The second kappa shape index (κ2) is 31.0. The van der Waals surface area contributed by atoms with E-state index in [4.69, 9.17) is 9.05 Å². The fraction of sp³-hybridized carbons (Fsp3) is 0.868. The summed E-state index contributed by atoms with van der Waals surface area (Å²) in [6, 6.07) is -0.855. The Morgan fingerprint density at radius 3 is 1.70 bits per heavy atom. The van der Waals surface area contributed by atoms with E-state index in [1.807, 2.05) is 27.2 Å². The van der Waals surface area contributed by atoms with Gasteiger partial charge in [0, 0.05) is 6.42 Å². The van der Waals surface area contributed by atoms with E-state index in [1.165, 1.54) is 103 Å². The van der Waals surface area contributed by atoms with E-state index in [9.17, 15) is 19.4 Å². The number of phosphoric ester groups is 1. The highest BCUT2D eigenvalue weighted by molar-refractivity contribution is 7.47. The average molecular weight is 688 g/mol. The molecular formula is C38H76N2O6P+. The average Bonchev–Trinajstić information content (AvgIpc) is 3.01. The van der Waals surface area contributed by atoms with Crippen molar-refractivity contribution in [2.24, 2.45) is 0 Å². The van der Waals surface area contributed by atoms with Gasteiger partial charge in [-0.1, -0.05) is 147 Å². The molecule has 3 atom stereocenters. The van der Waals surface area contributed by atoms with E-state index >= 15 is 0 Å². The SMILES string of the molecule is CCCCCCC/C=C/CC/C=C/[C@@H](O)[C@H](COP(=O)(O)OCC[N+](C)(C)C)NC(=O)CCCCCCCCCCCCCCCC. The maximum absolute atomic E-state index is 12.8. The number of aliphatic hydroxyl groups excluding tert-OH is 1. The molecule has 8 nitrogen and oxygen atoms in total. The minimum atomic E-state index is -4.33. The molecule has 1 amide bonds. The molecule has 47 heavy (non-hydrogen) atoms. The molecule has 3 N–H and O–H groups in total. The van der Waals surface area contributed by atoms with Crippen LogP contribution in [0.1, 0.15) is 162 Å². The molecule has 0 aromatic carbocycles. The number of phosphoric acid groups is 1. The third-order valence-electron chi connectivity index (χ3n) is 8.42. The van der Waals surface area contributed by atoms with Crippen molar-refractivity contribution in [3.05, 3.63) is 24.3 Å². The highest BCUT2D eigenvalue weighted by Crippen LogP contribution is 2.43. The second-order valence-electron chi connectivity index (χ2n) is 14.3. The smallest absolute Gasteiger partial charge is 0.387 e. The van der Waals surface area contributed by atoms with Crippen molar-refractivity contribution in [3.8, 4) is 0 Å². The van der Waals surface area contributed by atoms with Crippen LogP contribution in [0.25, 0.3) is 0 Å². The third kappa shape index (κ3) is 33.3. The van der Waals surface area contributed by atoms with Crippen LogP contribution in [-0.2, 0) is 18.4 Å². The number of carbonyl (C=O) groups excluding carboxylic acids is 1. The number of nitrogens with zero attached hydrogens (tertiary/aromatic N) is 1. The second-order valence-corrected chi connectivity index (χ2v) is 15.8. The number of nitrogens with one attached hydrogen (secondary N) is 1. The third-order valence-corrected chi connectivity index (χ3v) is 9.41. The molecule has 278 valence electrons. The van der Waals surface area contributed by atoms with Crippen LogP contribution in [0.5, 0.6) is 0 Å². The summed E-state index contributed by atoms with van der Waals surface area (Å²) >= 11 is 0. The largest absolute Gasteiger partial charge is 0.472 e. The number of amides is 1. The molecule has 0 radical (unpaired) electrons. The molecule has 0 spiro atoms. The maximum atomic E-state index is 12.8. The van der Waals surface area contributed by atoms with Gasteiger partial charge in [-0.2, -0.15) is 0 Å². The monoisotopic (exact) mass is 688 g/mol. The van der Waals surface area contributed by atoms with Gasteiger partial charge in [0.15, 0.2) is 0 Å². The minimum absolute atomic E-state index is 0.0577. The number of allylic oxidation sites excluding steroid dienone is 3. The number of hydrogen-bond acceptors (Lipinski definition) is 5. The summed E-state index contributed by atoms with van der Waals surface area (Å²) in [4.78, 5) is 22.9. The molecule has 0 saturated carbocycles. The molecule has 0 aliphatic heterocycles. The van der Waals surface area contributed by atoms with Gasteiger partial charge < -0.3 is 19.8 Å². The van der Waals surface area contributed by atoms with Gasteiger partial charge in [0.05, 0.1) is 39.9 Å². The van der Waals surface area contributed by atoms with Crippen molar-refractivity contribution in [1.29, 1.82) is 0 Å². The van der Waals surface area contributed by atoms with Crippen LogP contribution in [0.15, 0.2) is 24.3 Å². The fourth-order valence-electron chi connectivity index (χ4n) is 5.29. The zero-order valence-corrected chi connectivity index (χ0v) is 32.2. The van der Waals surface area contributed by atoms with Crippen LogP contribution in [0.4, 0.5) is 0 Å². The number of unbranched alkanes of at least 4 members (excludes halogenated alkanes) is 19. The summed E-state index contributed by atoms with van der Waals surface area (Å²) in [6.45, 7) is 4.75. The Hall–Kier alpha value is -1.02. The van der Waals surface area contributed by atoms with Gasteiger partial charge in [-0.05, 0) is 32.1 Å². The fourth-order valence-corrected chi connectivity index (χ4v) is 6.03. The summed E-state index contributed by atoms with van der Waals surface area (Å²) < 4.78 is 23.4. The number of quaternary nitrogens is 1. The predicted octanol–water partition coefficient (Wildman–Crippen LogP) is 9.80. The zero-order chi connectivity index (χ0) is 35.1. The van der Waals surface area contributed by atoms with E-state index in [1.54, 1.807) is 6.08 Å². The van der Waals surface area contributed by atoms with E-state index in [2.05, 4.69) is 31.3 Å². The maximum Gasteiger partial charge on any atom is 0.472 e. The first-order valence-corrected chi connectivity index (χ1v) is 20.7. The molecule has 0 bridgehead atoms. The van der Waals surface area contributed by atoms with Gasteiger partial charge in [-0.25, -0.2) is 4.57 Å². The van der Waals surface area contributed by atoms with Gasteiger partial charge in [0.2, 0.25) is 5.91 Å². The number of carbonyl (C=O) groups is 1. The van der Waals surface area contributed by atoms with Gasteiger partial charge in [-0.15, -0.1) is 0 Å². The molecule has 0 aliphatic rings. The summed E-state index contributed by atoms with van der Waals surface area (Å²) in [5.41, 5.74) is 0. The van der Waals surface area contributed by atoms with Crippen LogP contribution in [0.2, 0.25) is 0 Å². The first-order chi connectivity index (χ1) is 22.5. The summed E-state index contributed by atoms with van der Waals surface area (Å²) in [7, 11) is 1.55. The van der Waals surface area contributed by atoms with Crippen molar-refractivity contribution in [1.82, 2.24) is 5.32 Å². The minimum Gasteiger partial charge on any atom is -0.387 e. The van der Waals surface area contributed by atoms with E-state index in [0.29, 0.717) is 17.4 Å². The molecule has 0 fully saturated rings. The number of aliphatic hydroxyl groups is 1. The highest BCUT2D eigenvalue weighted by Gasteiger charge is 2.27. The Bertz CT molecular complexity index is 829. The van der Waals surface area contributed by atoms with Gasteiger partial charge in [-0.3, -0.25) is 13.8 Å². The molecule has 0 aromatic rings. The van der Waals surface area contributed by atoms with E-state index < -0.39 is 20.0 Å². The molecular weight excluding hydrogens is 611 g/mol. The van der Waals surface area contributed by atoms with Crippen molar-refractivity contribution in [2.75, 3.05) is 40.9 Å². The predicted molar refractivity (Wildman–Crippen MR) is 198 cm³/mol. The molecule has 9 heteroatoms. The topological polar surface area (TPSA) is 105 Å². The normalized spacial score (nSPS) is 15.0. The summed E-state index contributed by atoms with van der Waals surface area (Å²) in [5.74, 6) is -0.189. The Morgan fingerprint density at radius 2 is 1.17 bits per heavy atom.